The number of aromatic nitrogens is 2. The molecule has 80 valence electrons. The van der Waals surface area contributed by atoms with Gasteiger partial charge in [-0.2, -0.15) is 5.10 Å². The van der Waals surface area contributed by atoms with Gasteiger partial charge in [0.25, 0.3) is 0 Å². The molecule has 1 aromatic rings. The smallest absolute Gasteiger partial charge is 0.0518 e. The van der Waals surface area contributed by atoms with Gasteiger partial charge in [-0.15, -0.1) is 0 Å². The fraction of sp³-hybridized carbons (Fsp3) is 0.667. The lowest BCUT2D eigenvalue weighted by atomic mass is 10.4. The van der Waals surface area contributed by atoms with E-state index in [-0.39, 0.29) is 0 Å². The first-order valence-electron chi connectivity index (χ1n) is 4.76. The zero-order chi connectivity index (χ0) is 10.4. The lowest BCUT2D eigenvalue weighted by Gasteiger charge is -2.04. The predicted octanol–water partition coefficient (Wildman–Crippen LogP) is 0.278. The van der Waals surface area contributed by atoms with Gasteiger partial charge in [0.15, 0.2) is 0 Å². The van der Waals surface area contributed by atoms with Crippen molar-refractivity contribution < 1.29 is 4.21 Å². The molecule has 5 heteroatoms. The van der Waals surface area contributed by atoms with E-state index in [0.29, 0.717) is 0 Å². The van der Waals surface area contributed by atoms with Crippen molar-refractivity contribution in [2.45, 2.75) is 13.5 Å². The molecular weight excluding hydrogens is 198 g/mol. The van der Waals surface area contributed by atoms with Gasteiger partial charge < -0.3 is 5.32 Å². The highest BCUT2D eigenvalue weighted by molar-refractivity contribution is 7.84. The molecule has 0 aliphatic rings. The van der Waals surface area contributed by atoms with Crippen LogP contribution >= 0.6 is 0 Å². The summed E-state index contributed by atoms with van der Waals surface area (Å²) in [6, 6.07) is 1.98. The molecule has 1 N–H and O–H groups in total. The minimum absolute atomic E-state index is 0.666. The summed E-state index contributed by atoms with van der Waals surface area (Å²) >= 11 is 0. The molecule has 0 aliphatic heterocycles. The molecule has 0 aliphatic carbocycles. The van der Waals surface area contributed by atoms with Crippen LogP contribution in [0, 0.1) is 0 Å². The second-order valence-electron chi connectivity index (χ2n) is 3.06. The van der Waals surface area contributed by atoms with Gasteiger partial charge in [-0.1, -0.05) is 6.92 Å². The minimum Gasteiger partial charge on any atom is -0.310 e. The molecule has 1 heterocycles. The predicted molar refractivity (Wildman–Crippen MR) is 58.5 cm³/mol. The van der Waals surface area contributed by atoms with Crippen LogP contribution in [-0.2, 0) is 24.4 Å². The zero-order valence-corrected chi connectivity index (χ0v) is 9.51. The van der Waals surface area contributed by atoms with Crippen molar-refractivity contribution in [2.24, 2.45) is 7.05 Å². The van der Waals surface area contributed by atoms with Gasteiger partial charge in [0.1, 0.15) is 0 Å². The van der Waals surface area contributed by atoms with Gasteiger partial charge in [-0.25, -0.2) is 0 Å². The maximum Gasteiger partial charge on any atom is 0.0518 e. The van der Waals surface area contributed by atoms with Crippen molar-refractivity contribution in [3.8, 4) is 0 Å². The molecule has 0 saturated carbocycles. The van der Waals surface area contributed by atoms with E-state index in [9.17, 15) is 4.21 Å². The van der Waals surface area contributed by atoms with Crippen LogP contribution in [0.25, 0.3) is 0 Å². The molecule has 0 aromatic carbocycles. The first kappa shape index (κ1) is 11.4. The molecule has 0 spiro atoms. The maximum atomic E-state index is 11.1. The van der Waals surface area contributed by atoms with Crippen LogP contribution in [0.1, 0.15) is 12.6 Å². The van der Waals surface area contributed by atoms with E-state index in [0.717, 1.165) is 30.3 Å². The highest BCUT2D eigenvalue weighted by Crippen LogP contribution is 1.94. The zero-order valence-electron chi connectivity index (χ0n) is 8.69. The van der Waals surface area contributed by atoms with Crippen molar-refractivity contribution in [3.05, 3.63) is 18.0 Å². The Kier molecular flexibility index (Phi) is 4.82. The average Bonchev–Trinajstić information content (AvgIpc) is 2.58. The SMILES string of the molecule is CCS(=O)CCNCc1ccnn1C. The summed E-state index contributed by atoms with van der Waals surface area (Å²) in [5.41, 5.74) is 1.15. The van der Waals surface area contributed by atoms with Crippen LogP contribution < -0.4 is 5.32 Å². The van der Waals surface area contributed by atoms with Crippen LogP contribution in [-0.4, -0.2) is 32.0 Å². The van der Waals surface area contributed by atoms with E-state index in [4.69, 9.17) is 0 Å². The fourth-order valence-electron chi connectivity index (χ4n) is 1.12. The van der Waals surface area contributed by atoms with Crippen molar-refractivity contribution in [1.82, 2.24) is 15.1 Å². The number of hydrogen-bond acceptors (Lipinski definition) is 3. The van der Waals surface area contributed by atoms with Gasteiger partial charge in [-0.3, -0.25) is 8.89 Å². The minimum atomic E-state index is -0.666. The monoisotopic (exact) mass is 215 g/mol. The standard InChI is InChI=1S/C9H17N3OS/c1-3-14(13)7-6-10-8-9-4-5-11-12(9)2/h4-5,10H,3,6-8H2,1-2H3. The molecule has 0 saturated heterocycles. The van der Waals surface area contributed by atoms with Crippen molar-refractivity contribution >= 4 is 10.8 Å². The van der Waals surface area contributed by atoms with E-state index in [1.165, 1.54) is 0 Å². The average molecular weight is 215 g/mol. The van der Waals surface area contributed by atoms with Gasteiger partial charge in [0, 0.05) is 48.6 Å². The van der Waals surface area contributed by atoms with Crippen molar-refractivity contribution in [2.75, 3.05) is 18.1 Å². The summed E-state index contributed by atoms with van der Waals surface area (Å²) in [6.07, 6.45) is 1.78. The Morgan fingerprint density at radius 1 is 1.64 bits per heavy atom. The van der Waals surface area contributed by atoms with E-state index in [1.54, 1.807) is 6.20 Å². The molecule has 4 nitrogen and oxygen atoms in total. The summed E-state index contributed by atoms with van der Waals surface area (Å²) < 4.78 is 12.9. The number of rotatable bonds is 6. The Bertz CT molecular complexity index is 298. The second-order valence-corrected chi connectivity index (χ2v) is 4.92. The molecular formula is C9H17N3OS. The summed E-state index contributed by atoms with van der Waals surface area (Å²) in [7, 11) is 1.25. The van der Waals surface area contributed by atoms with Crippen LogP contribution in [0.15, 0.2) is 12.3 Å². The summed E-state index contributed by atoms with van der Waals surface area (Å²) in [5, 5.41) is 7.30. The van der Waals surface area contributed by atoms with Gasteiger partial charge >= 0.3 is 0 Å². The van der Waals surface area contributed by atoms with Gasteiger partial charge in [0.2, 0.25) is 0 Å². The Morgan fingerprint density at radius 3 is 3.00 bits per heavy atom. The third kappa shape index (κ3) is 3.59. The first-order chi connectivity index (χ1) is 6.74. The highest BCUT2D eigenvalue weighted by Gasteiger charge is 1.98. The van der Waals surface area contributed by atoms with Crippen LogP contribution in [0.4, 0.5) is 0 Å². The number of hydrogen-bond donors (Lipinski definition) is 1. The largest absolute Gasteiger partial charge is 0.310 e. The topological polar surface area (TPSA) is 46.9 Å². The second kappa shape index (κ2) is 5.93. The third-order valence-electron chi connectivity index (χ3n) is 2.06. The normalized spacial score (nSPS) is 13.0. The Balaban J connectivity index is 2.16. The van der Waals surface area contributed by atoms with Crippen LogP contribution in [0.2, 0.25) is 0 Å². The molecule has 0 radical (unpaired) electrons. The number of aryl methyl sites for hydroxylation is 1. The Hall–Kier alpha value is -0.680. The molecule has 0 fully saturated rings. The van der Waals surface area contributed by atoms with Gasteiger partial charge in [0.05, 0.1) is 5.69 Å². The molecule has 1 rings (SSSR count). The fourth-order valence-corrected chi connectivity index (χ4v) is 1.78. The molecule has 1 atom stereocenters. The summed E-state index contributed by atoms with van der Waals surface area (Å²) in [4.78, 5) is 0. The van der Waals surface area contributed by atoms with E-state index >= 15 is 0 Å². The number of nitrogens with one attached hydrogen (secondary N) is 1. The van der Waals surface area contributed by atoms with Crippen molar-refractivity contribution in [1.29, 1.82) is 0 Å². The molecule has 14 heavy (non-hydrogen) atoms. The summed E-state index contributed by atoms with van der Waals surface area (Å²) in [6.45, 7) is 3.53. The molecule has 1 unspecified atom stereocenters. The maximum absolute atomic E-state index is 11.1. The lowest BCUT2D eigenvalue weighted by molar-refractivity contribution is 0.638. The highest BCUT2D eigenvalue weighted by atomic mass is 32.2. The number of nitrogens with zero attached hydrogens (tertiary/aromatic N) is 2. The van der Waals surface area contributed by atoms with Crippen molar-refractivity contribution in [3.63, 3.8) is 0 Å². The first-order valence-corrected chi connectivity index (χ1v) is 6.25. The Morgan fingerprint density at radius 2 is 2.43 bits per heavy atom. The molecule has 0 bridgehead atoms. The lowest BCUT2D eigenvalue weighted by Crippen LogP contribution is -2.21. The van der Waals surface area contributed by atoms with E-state index < -0.39 is 10.8 Å². The van der Waals surface area contributed by atoms with E-state index in [1.807, 2.05) is 24.7 Å². The Labute approximate surface area is 87.2 Å². The summed E-state index contributed by atoms with van der Waals surface area (Å²) in [5.74, 6) is 1.47. The molecule has 0 amide bonds. The van der Waals surface area contributed by atoms with Crippen LogP contribution in [0.3, 0.4) is 0 Å². The van der Waals surface area contributed by atoms with E-state index in [2.05, 4.69) is 10.4 Å². The third-order valence-corrected chi connectivity index (χ3v) is 3.36. The van der Waals surface area contributed by atoms with Gasteiger partial charge in [-0.05, 0) is 6.07 Å². The quantitative estimate of drug-likeness (QED) is 0.693. The van der Waals surface area contributed by atoms with Crippen LogP contribution in [0.5, 0.6) is 0 Å². The molecule has 1 aromatic heterocycles.